The third-order valence-electron chi connectivity index (χ3n) is 3.05. The van der Waals surface area contributed by atoms with Crippen molar-refractivity contribution in [3.05, 3.63) is 0 Å². The Balaban J connectivity index is 4.54. The minimum Gasteiger partial charge on any atom is -0.468 e. The largest absolute Gasteiger partial charge is 0.468 e. The SMILES string of the molecule is CCCNC(CN(CCN(C)C)CC(C)C)C(=O)OC. The minimum absolute atomic E-state index is 0.169. The topological polar surface area (TPSA) is 44.8 Å². The first-order valence-electron chi connectivity index (χ1n) is 7.59. The second kappa shape index (κ2) is 11.1. The Hall–Kier alpha value is -0.650. The molecular weight excluding hydrogens is 254 g/mol. The van der Waals surface area contributed by atoms with Gasteiger partial charge in [0.05, 0.1) is 7.11 Å². The number of rotatable bonds is 11. The number of carbonyl (C=O) groups excluding carboxylic acids is 1. The van der Waals surface area contributed by atoms with Crippen molar-refractivity contribution in [3.8, 4) is 0 Å². The molecule has 0 aromatic rings. The summed E-state index contributed by atoms with van der Waals surface area (Å²) in [5.74, 6) is 0.415. The number of hydrogen-bond donors (Lipinski definition) is 1. The molecule has 0 aromatic heterocycles. The average molecular weight is 287 g/mol. The molecule has 1 unspecified atom stereocenters. The zero-order valence-corrected chi connectivity index (χ0v) is 14.1. The van der Waals surface area contributed by atoms with Gasteiger partial charge in [-0.15, -0.1) is 0 Å². The Labute approximate surface area is 124 Å². The van der Waals surface area contributed by atoms with E-state index in [0.717, 1.165) is 32.6 Å². The summed E-state index contributed by atoms with van der Waals surface area (Å²) in [5.41, 5.74) is 0. The number of nitrogens with zero attached hydrogens (tertiary/aromatic N) is 2. The van der Waals surface area contributed by atoms with E-state index < -0.39 is 0 Å². The highest BCUT2D eigenvalue weighted by atomic mass is 16.5. The van der Waals surface area contributed by atoms with E-state index in [9.17, 15) is 4.79 Å². The van der Waals surface area contributed by atoms with Gasteiger partial charge in [0.2, 0.25) is 0 Å². The number of esters is 1. The number of methoxy groups -OCH3 is 1. The second-order valence-electron chi connectivity index (χ2n) is 5.99. The lowest BCUT2D eigenvalue weighted by Crippen LogP contribution is -2.49. The Morgan fingerprint density at radius 1 is 1.20 bits per heavy atom. The molecule has 0 radical (unpaired) electrons. The number of carbonyl (C=O) groups is 1. The molecule has 120 valence electrons. The molecule has 1 atom stereocenters. The summed E-state index contributed by atoms with van der Waals surface area (Å²) in [4.78, 5) is 16.4. The van der Waals surface area contributed by atoms with Crippen molar-refractivity contribution in [3.63, 3.8) is 0 Å². The van der Waals surface area contributed by atoms with Gasteiger partial charge in [0.1, 0.15) is 6.04 Å². The standard InChI is InChI=1S/C15H33N3O2/c1-7-8-16-14(15(19)20-6)12-18(11-13(2)3)10-9-17(4)5/h13-14,16H,7-12H2,1-6H3. The van der Waals surface area contributed by atoms with Crippen LogP contribution in [-0.4, -0.2) is 75.7 Å². The molecule has 0 rings (SSSR count). The van der Waals surface area contributed by atoms with Gasteiger partial charge >= 0.3 is 5.97 Å². The van der Waals surface area contributed by atoms with Crippen LogP contribution in [0.4, 0.5) is 0 Å². The molecule has 0 amide bonds. The first kappa shape index (κ1) is 19.4. The van der Waals surface area contributed by atoms with E-state index in [-0.39, 0.29) is 12.0 Å². The van der Waals surface area contributed by atoms with Crippen LogP contribution in [0.5, 0.6) is 0 Å². The molecule has 5 heteroatoms. The van der Waals surface area contributed by atoms with Crippen molar-refractivity contribution >= 4 is 5.97 Å². The summed E-state index contributed by atoms with van der Waals surface area (Å²) < 4.78 is 4.90. The molecule has 0 saturated heterocycles. The number of nitrogens with one attached hydrogen (secondary N) is 1. The molecule has 0 aliphatic carbocycles. The lowest BCUT2D eigenvalue weighted by molar-refractivity contribution is -0.143. The van der Waals surface area contributed by atoms with E-state index in [4.69, 9.17) is 4.74 Å². The van der Waals surface area contributed by atoms with E-state index in [1.165, 1.54) is 7.11 Å². The molecule has 0 aliphatic rings. The zero-order chi connectivity index (χ0) is 15.5. The highest BCUT2D eigenvalue weighted by Crippen LogP contribution is 2.02. The van der Waals surface area contributed by atoms with Gasteiger partial charge in [0.25, 0.3) is 0 Å². The van der Waals surface area contributed by atoms with Crippen molar-refractivity contribution in [2.45, 2.75) is 33.2 Å². The fraction of sp³-hybridized carbons (Fsp3) is 0.933. The van der Waals surface area contributed by atoms with Crippen molar-refractivity contribution in [1.82, 2.24) is 15.1 Å². The van der Waals surface area contributed by atoms with Crippen LogP contribution < -0.4 is 5.32 Å². The Bertz CT molecular complexity index is 258. The normalized spacial score (nSPS) is 13.2. The lowest BCUT2D eigenvalue weighted by Gasteiger charge is -2.29. The smallest absolute Gasteiger partial charge is 0.324 e. The van der Waals surface area contributed by atoms with Crippen LogP contribution in [0.3, 0.4) is 0 Å². The number of hydrogen-bond acceptors (Lipinski definition) is 5. The summed E-state index contributed by atoms with van der Waals surface area (Å²) in [7, 11) is 5.59. The lowest BCUT2D eigenvalue weighted by atomic mass is 10.1. The maximum absolute atomic E-state index is 11.9. The van der Waals surface area contributed by atoms with Gasteiger partial charge in [0.15, 0.2) is 0 Å². The molecule has 20 heavy (non-hydrogen) atoms. The number of likely N-dealkylation sites (N-methyl/N-ethyl adjacent to an activating group) is 1. The molecular formula is C15H33N3O2. The molecule has 0 aliphatic heterocycles. The van der Waals surface area contributed by atoms with E-state index in [0.29, 0.717) is 12.5 Å². The molecule has 0 bridgehead atoms. The number of ether oxygens (including phenoxy) is 1. The molecule has 0 spiro atoms. The Morgan fingerprint density at radius 2 is 1.85 bits per heavy atom. The fourth-order valence-electron chi connectivity index (χ4n) is 2.06. The fourth-order valence-corrected chi connectivity index (χ4v) is 2.06. The second-order valence-corrected chi connectivity index (χ2v) is 5.99. The van der Waals surface area contributed by atoms with Gasteiger partial charge in [-0.1, -0.05) is 20.8 Å². The van der Waals surface area contributed by atoms with Crippen molar-refractivity contribution in [2.75, 3.05) is 53.9 Å². The van der Waals surface area contributed by atoms with Crippen LogP contribution in [0.2, 0.25) is 0 Å². The third-order valence-corrected chi connectivity index (χ3v) is 3.05. The quantitative estimate of drug-likeness (QED) is 0.576. The molecule has 1 N–H and O–H groups in total. The van der Waals surface area contributed by atoms with Gasteiger partial charge in [-0.05, 0) is 33.0 Å². The Morgan fingerprint density at radius 3 is 2.30 bits per heavy atom. The summed E-state index contributed by atoms with van der Waals surface area (Å²) in [6.45, 7) is 11.0. The highest BCUT2D eigenvalue weighted by molar-refractivity contribution is 5.75. The van der Waals surface area contributed by atoms with Crippen molar-refractivity contribution in [1.29, 1.82) is 0 Å². The molecule has 5 nitrogen and oxygen atoms in total. The van der Waals surface area contributed by atoms with Gasteiger partial charge in [-0.2, -0.15) is 0 Å². The monoisotopic (exact) mass is 287 g/mol. The minimum atomic E-state index is -0.235. The average Bonchev–Trinajstić information content (AvgIpc) is 2.38. The van der Waals surface area contributed by atoms with Gasteiger partial charge < -0.3 is 15.0 Å². The van der Waals surface area contributed by atoms with E-state index in [1.54, 1.807) is 0 Å². The maximum atomic E-state index is 11.9. The summed E-state index contributed by atoms with van der Waals surface area (Å²) in [6.07, 6.45) is 1.01. The molecule has 0 saturated carbocycles. The molecule has 0 fully saturated rings. The first-order chi connectivity index (χ1) is 9.40. The van der Waals surface area contributed by atoms with Crippen LogP contribution in [0.25, 0.3) is 0 Å². The Kier molecular flexibility index (Phi) is 10.7. The highest BCUT2D eigenvalue weighted by Gasteiger charge is 2.22. The van der Waals surface area contributed by atoms with Crippen LogP contribution >= 0.6 is 0 Å². The van der Waals surface area contributed by atoms with Crippen molar-refractivity contribution in [2.24, 2.45) is 5.92 Å². The predicted octanol–water partition coefficient (Wildman–Crippen LogP) is 1.05. The van der Waals surface area contributed by atoms with Gasteiger partial charge in [0, 0.05) is 26.2 Å². The van der Waals surface area contributed by atoms with E-state index in [2.05, 4.69) is 50.0 Å². The molecule has 0 heterocycles. The van der Waals surface area contributed by atoms with Crippen molar-refractivity contribution < 1.29 is 9.53 Å². The van der Waals surface area contributed by atoms with Gasteiger partial charge in [-0.3, -0.25) is 9.69 Å². The van der Waals surface area contributed by atoms with Gasteiger partial charge in [-0.25, -0.2) is 0 Å². The van der Waals surface area contributed by atoms with Crippen LogP contribution in [0.15, 0.2) is 0 Å². The summed E-state index contributed by atoms with van der Waals surface area (Å²) >= 11 is 0. The predicted molar refractivity (Wildman–Crippen MR) is 83.9 cm³/mol. The van der Waals surface area contributed by atoms with Crippen LogP contribution in [0.1, 0.15) is 27.2 Å². The van der Waals surface area contributed by atoms with E-state index in [1.807, 2.05) is 0 Å². The summed E-state index contributed by atoms with van der Waals surface area (Å²) in [6, 6.07) is -0.235. The van der Waals surface area contributed by atoms with Crippen LogP contribution in [0, 0.1) is 5.92 Å². The molecule has 0 aromatic carbocycles. The zero-order valence-electron chi connectivity index (χ0n) is 14.1. The maximum Gasteiger partial charge on any atom is 0.324 e. The summed E-state index contributed by atoms with van der Waals surface area (Å²) in [5, 5.41) is 3.28. The van der Waals surface area contributed by atoms with Crippen LogP contribution in [-0.2, 0) is 9.53 Å². The first-order valence-corrected chi connectivity index (χ1v) is 7.59. The third kappa shape index (κ3) is 9.28. The van der Waals surface area contributed by atoms with E-state index >= 15 is 0 Å².